The minimum atomic E-state index is -0.873. The maximum absolute atomic E-state index is 12.0. The topological polar surface area (TPSA) is 90.9 Å². The van der Waals surface area contributed by atoms with Crippen molar-refractivity contribution in [3.8, 4) is 0 Å². The first kappa shape index (κ1) is 17.5. The van der Waals surface area contributed by atoms with Gasteiger partial charge < -0.3 is 19.5 Å². The number of carbonyl (C=O) groups excluding carboxylic acids is 3. The molecule has 1 aliphatic rings. The Morgan fingerprint density at radius 2 is 1.92 bits per heavy atom. The zero-order chi connectivity index (χ0) is 17.7. The Kier molecular flexibility index (Phi) is 5.57. The molecule has 0 unspecified atom stereocenters. The van der Waals surface area contributed by atoms with E-state index in [-0.39, 0.29) is 17.9 Å². The standard InChI is InChI=1S/C17H19NO6/c1-10-14(13(16(20)22-3)11(2)24-15(10)19)18-17(21)23-9-12-7-5-4-6-8-12/h4-8,10,14H,9H2,1-3H3,(H,18,21)/t10-,14-/m1/s1. The first-order chi connectivity index (χ1) is 11.4. The highest BCUT2D eigenvalue weighted by molar-refractivity contribution is 5.94. The van der Waals surface area contributed by atoms with Crippen molar-refractivity contribution in [1.82, 2.24) is 5.32 Å². The highest BCUT2D eigenvalue weighted by Crippen LogP contribution is 2.26. The first-order valence-electron chi connectivity index (χ1n) is 7.42. The summed E-state index contributed by atoms with van der Waals surface area (Å²) in [6.07, 6.45) is -0.736. The molecule has 1 aliphatic heterocycles. The van der Waals surface area contributed by atoms with Crippen molar-refractivity contribution in [3.05, 3.63) is 47.2 Å². The van der Waals surface area contributed by atoms with Gasteiger partial charge in [-0.25, -0.2) is 9.59 Å². The van der Waals surface area contributed by atoms with Crippen LogP contribution in [0.3, 0.4) is 0 Å². The molecule has 2 rings (SSSR count). The van der Waals surface area contributed by atoms with E-state index in [2.05, 4.69) is 5.32 Å². The summed E-state index contributed by atoms with van der Waals surface area (Å²) in [5.74, 6) is -1.83. The molecule has 0 saturated carbocycles. The molecule has 1 heterocycles. The third-order valence-corrected chi connectivity index (χ3v) is 3.71. The molecule has 0 fully saturated rings. The van der Waals surface area contributed by atoms with Crippen LogP contribution >= 0.6 is 0 Å². The molecular formula is C17H19NO6. The lowest BCUT2D eigenvalue weighted by molar-refractivity contribution is -0.147. The zero-order valence-electron chi connectivity index (χ0n) is 13.7. The fourth-order valence-corrected chi connectivity index (χ4v) is 2.37. The summed E-state index contributed by atoms with van der Waals surface area (Å²) in [7, 11) is 1.22. The number of cyclic esters (lactones) is 1. The number of allylic oxidation sites excluding steroid dienone is 1. The SMILES string of the molecule is COC(=O)C1=C(C)OC(=O)[C@H](C)[C@H]1NC(=O)OCc1ccccc1. The number of hydrogen-bond acceptors (Lipinski definition) is 6. The van der Waals surface area contributed by atoms with E-state index in [9.17, 15) is 14.4 Å². The summed E-state index contributed by atoms with van der Waals surface area (Å²) in [6, 6.07) is 8.28. The summed E-state index contributed by atoms with van der Waals surface area (Å²) < 4.78 is 14.9. The number of carbonyl (C=O) groups is 3. The van der Waals surface area contributed by atoms with Crippen LogP contribution in [0.2, 0.25) is 0 Å². The van der Waals surface area contributed by atoms with Crippen LogP contribution in [0.1, 0.15) is 19.4 Å². The van der Waals surface area contributed by atoms with E-state index in [1.165, 1.54) is 14.0 Å². The smallest absolute Gasteiger partial charge is 0.407 e. The van der Waals surface area contributed by atoms with Crippen molar-refractivity contribution in [2.45, 2.75) is 26.5 Å². The molecule has 0 spiro atoms. The van der Waals surface area contributed by atoms with Crippen LogP contribution in [-0.4, -0.2) is 31.2 Å². The van der Waals surface area contributed by atoms with E-state index in [0.717, 1.165) is 5.56 Å². The minimum Gasteiger partial charge on any atom is -0.466 e. The Labute approximate surface area is 139 Å². The van der Waals surface area contributed by atoms with Gasteiger partial charge in [-0.2, -0.15) is 0 Å². The molecule has 24 heavy (non-hydrogen) atoms. The highest BCUT2D eigenvalue weighted by atomic mass is 16.6. The van der Waals surface area contributed by atoms with Crippen LogP contribution in [0, 0.1) is 5.92 Å². The van der Waals surface area contributed by atoms with Gasteiger partial charge in [-0.3, -0.25) is 4.79 Å². The van der Waals surface area contributed by atoms with E-state index in [4.69, 9.17) is 14.2 Å². The van der Waals surface area contributed by atoms with E-state index in [0.29, 0.717) is 0 Å². The molecule has 7 nitrogen and oxygen atoms in total. The van der Waals surface area contributed by atoms with E-state index < -0.39 is 30.0 Å². The molecule has 1 N–H and O–H groups in total. The van der Waals surface area contributed by atoms with Crippen LogP contribution in [0.5, 0.6) is 0 Å². The van der Waals surface area contributed by atoms with Gasteiger partial charge in [-0.15, -0.1) is 0 Å². The predicted molar refractivity (Wildman–Crippen MR) is 83.5 cm³/mol. The van der Waals surface area contributed by atoms with Crippen molar-refractivity contribution < 1.29 is 28.6 Å². The first-order valence-corrected chi connectivity index (χ1v) is 7.42. The summed E-state index contributed by atoms with van der Waals surface area (Å²) in [6.45, 7) is 3.11. The van der Waals surface area contributed by atoms with Gasteiger partial charge in [-0.1, -0.05) is 30.3 Å². The largest absolute Gasteiger partial charge is 0.466 e. The Hall–Kier alpha value is -2.83. The fraction of sp³-hybridized carbons (Fsp3) is 0.353. The van der Waals surface area contributed by atoms with E-state index in [1.807, 2.05) is 30.3 Å². The minimum absolute atomic E-state index is 0.0779. The highest BCUT2D eigenvalue weighted by Gasteiger charge is 2.40. The number of esters is 2. The third-order valence-electron chi connectivity index (χ3n) is 3.71. The number of hydrogen-bond donors (Lipinski definition) is 1. The molecule has 1 aromatic rings. The molecule has 128 valence electrons. The second-order valence-electron chi connectivity index (χ2n) is 5.35. The van der Waals surface area contributed by atoms with Gasteiger partial charge in [0, 0.05) is 0 Å². The number of rotatable bonds is 4. The Morgan fingerprint density at radius 3 is 2.54 bits per heavy atom. The summed E-state index contributed by atoms with van der Waals surface area (Å²) >= 11 is 0. The van der Waals surface area contributed by atoms with Gasteiger partial charge in [-0.05, 0) is 19.4 Å². The van der Waals surface area contributed by atoms with Crippen LogP contribution < -0.4 is 5.32 Å². The zero-order valence-corrected chi connectivity index (χ0v) is 13.7. The monoisotopic (exact) mass is 333 g/mol. The van der Waals surface area contributed by atoms with Gasteiger partial charge in [0.05, 0.1) is 24.6 Å². The Balaban J connectivity index is 2.09. The molecule has 1 aromatic carbocycles. The Bertz CT molecular complexity index is 667. The second kappa shape index (κ2) is 7.63. The normalized spacial score (nSPS) is 20.2. The van der Waals surface area contributed by atoms with Crippen molar-refractivity contribution in [2.24, 2.45) is 5.92 Å². The molecule has 0 saturated heterocycles. The molecule has 2 atom stereocenters. The van der Waals surface area contributed by atoms with Gasteiger partial charge in [0.1, 0.15) is 12.4 Å². The van der Waals surface area contributed by atoms with E-state index >= 15 is 0 Å². The lowest BCUT2D eigenvalue weighted by atomic mass is 9.91. The average Bonchev–Trinajstić information content (AvgIpc) is 2.58. The molecule has 0 bridgehead atoms. The summed E-state index contributed by atoms with van der Waals surface area (Å²) in [5.41, 5.74) is 0.921. The van der Waals surface area contributed by atoms with Crippen molar-refractivity contribution >= 4 is 18.0 Å². The molecule has 0 aromatic heterocycles. The fourth-order valence-electron chi connectivity index (χ4n) is 2.37. The maximum Gasteiger partial charge on any atom is 0.407 e. The summed E-state index contributed by atoms with van der Waals surface area (Å²) in [4.78, 5) is 35.8. The molecule has 1 amide bonds. The molecular weight excluding hydrogens is 314 g/mol. The number of amides is 1. The predicted octanol–water partition coefficient (Wildman–Crippen LogP) is 1.92. The number of nitrogens with one attached hydrogen (secondary N) is 1. The molecule has 7 heteroatoms. The molecule has 0 aliphatic carbocycles. The van der Waals surface area contributed by atoms with Crippen LogP contribution in [-0.2, 0) is 30.4 Å². The van der Waals surface area contributed by atoms with E-state index in [1.54, 1.807) is 6.92 Å². The van der Waals surface area contributed by atoms with Crippen molar-refractivity contribution in [2.75, 3.05) is 7.11 Å². The number of ether oxygens (including phenoxy) is 3. The maximum atomic E-state index is 12.0. The number of benzene rings is 1. The third kappa shape index (κ3) is 3.92. The van der Waals surface area contributed by atoms with Gasteiger partial charge in [0.25, 0.3) is 0 Å². The van der Waals surface area contributed by atoms with Crippen molar-refractivity contribution in [3.63, 3.8) is 0 Å². The van der Waals surface area contributed by atoms with Crippen LogP contribution in [0.15, 0.2) is 41.7 Å². The van der Waals surface area contributed by atoms with Gasteiger partial charge in [0.15, 0.2) is 0 Å². The quantitative estimate of drug-likeness (QED) is 0.669. The van der Waals surface area contributed by atoms with Crippen molar-refractivity contribution in [1.29, 1.82) is 0 Å². The number of methoxy groups -OCH3 is 1. The van der Waals surface area contributed by atoms with Crippen LogP contribution in [0.4, 0.5) is 4.79 Å². The van der Waals surface area contributed by atoms with Crippen LogP contribution in [0.25, 0.3) is 0 Å². The lowest BCUT2D eigenvalue weighted by Gasteiger charge is -2.30. The average molecular weight is 333 g/mol. The van der Waals surface area contributed by atoms with Gasteiger partial charge >= 0.3 is 18.0 Å². The summed E-state index contributed by atoms with van der Waals surface area (Å²) in [5, 5.41) is 2.54. The molecule has 0 radical (unpaired) electrons. The lowest BCUT2D eigenvalue weighted by Crippen LogP contribution is -2.49. The Morgan fingerprint density at radius 1 is 1.25 bits per heavy atom. The number of alkyl carbamates (subject to hydrolysis) is 1. The van der Waals surface area contributed by atoms with Gasteiger partial charge in [0.2, 0.25) is 0 Å². The second-order valence-corrected chi connectivity index (χ2v) is 5.35.